The number of amides is 1. The van der Waals surface area contributed by atoms with Gasteiger partial charge >= 0.3 is 6.18 Å². The second kappa shape index (κ2) is 6.50. The van der Waals surface area contributed by atoms with Gasteiger partial charge in [0.05, 0.1) is 11.3 Å². The normalized spacial score (nSPS) is 17.3. The second-order valence-corrected chi connectivity index (χ2v) is 7.02. The first-order valence-electron chi connectivity index (χ1n) is 8.73. The summed E-state index contributed by atoms with van der Waals surface area (Å²) in [7, 11) is 0. The third-order valence-electron chi connectivity index (χ3n) is 4.82. The van der Waals surface area contributed by atoms with Gasteiger partial charge in [0.15, 0.2) is 5.65 Å². The maximum atomic E-state index is 12.9. The molecule has 28 heavy (non-hydrogen) atoms. The predicted molar refractivity (Wildman–Crippen MR) is 95.5 cm³/mol. The first-order valence-corrected chi connectivity index (χ1v) is 8.73. The van der Waals surface area contributed by atoms with Crippen LogP contribution in [0.15, 0.2) is 30.5 Å². The summed E-state index contributed by atoms with van der Waals surface area (Å²) in [4.78, 5) is 15.7. The summed E-state index contributed by atoms with van der Waals surface area (Å²) in [5, 5.41) is 18.1. The number of aromatic hydroxyl groups is 1. The van der Waals surface area contributed by atoms with Gasteiger partial charge in [-0.2, -0.15) is 18.3 Å². The molecule has 3 heterocycles. The fourth-order valence-electron chi connectivity index (χ4n) is 3.51. The van der Waals surface area contributed by atoms with Crippen LogP contribution in [0, 0.1) is 12.8 Å². The highest BCUT2D eigenvalue weighted by atomic mass is 19.4. The number of phenolic OH excluding ortho intramolecular Hbond substituents is 1. The molecule has 4 rings (SSSR count). The standard InChI is InChI=1S/C19H17F3N4O2/c1-10-4-13(19(20,21)22)6-15(27)17(10)14-3-2-12-9-26(25-18(12)24-14)8-11-5-16(28)23-7-11/h2-4,6,9,11,27H,5,7-8H2,1H3,(H,23,28)/t11-/m0/s1. The first kappa shape index (κ1) is 18.3. The zero-order valence-corrected chi connectivity index (χ0v) is 14.9. The monoisotopic (exact) mass is 390 g/mol. The quantitative estimate of drug-likeness (QED) is 0.719. The number of phenols is 1. The molecule has 2 N–H and O–H groups in total. The van der Waals surface area contributed by atoms with Crippen LogP contribution < -0.4 is 5.32 Å². The maximum Gasteiger partial charge on any atom is 0.416 e. The molecule has 1 aliphatic heterocycles. The Balaban J connectivity index is 1.67. The van der Waals surface area contributed by atoms with Crippen molar-refractivity contribution in [3.8, 4) is 17.0 Å². The van der Waals surface area contributed by atoms with Gasteiger partial charge in [0.2, 0.25) is 5.91 Å². The van der Waals surface area contributed by atoms with Gasteiger partial charge < -0.3 is 10.4 Å². The summed E-state index contributed by atoms with van der Waals surface area (Å²) in [6, 6.07) is 5.10. The Morgan fingerprint density at radius 2 is 2.11 bits per heavy atom. The van der Waals surface area contributed by atoms with Crippen LogP contribution in [-0.2, 0) is 17.5 Å². The molecule has 3 aromatic rings. The molecule has 1 saturated heterocycles. The topological polar surface area (TPSA) is 80.0 Å². The lowest BCUT2D eigenvalue weighted by atomic mass is 10.00. The van der Waals surface area contributed by atoms with E-state index in [9.17, 15) is 23.1 Å². The summed E-state index contributed by atoms with van der Waals surface area (Å²) in [6.45, 7) is 2.67. The van der Waals surface area contributed by atoms with Crippen molar-refractivity contribution in [2.45, 2.75) is 26.1 Å². The van der Waals surface area contributed by atoms with Gasteiger partial charge in [0.25, 0.3) is 0 Å². The summed E-state index contributed by atoms with van der Waals surface area (Å²) in [5.74, 6) is -0.299. The minimum absolute atomic E-state index is 0.0235. The van der Waals surface area contributed by atoms with Gasteiger partial charge in [-0.05, 0) is 36.8 Å². The minimum Gasteiger partial charge on any atom is -0.507 e. The first-order chi connectivity index (χ1) is 13.2. The van der Waals surface area contributed by atoms with Crippen molar-refractivity contribution in [2.24, 2.45) is 5.92 Å². The van der Waals surface area contributed by atoms with Crippen molar-refractivity contribution in [3.63, 3.8) is 0 Å². The largest absolute Gasteiger partial charge is 0.507 e. The molecule has 1 aliphatic rings. The Kier molecular flexibility index (Phi) is 4.24. The number of alkyl halides is 3. The van der Waals surface area contributed by atoms with Crippen molar-refractivity contribution in [1.29, 1.82) is 0 Å². The van der Waals surface area contributed by atoms with Crippen molar-refractivity contribution in [1.82, 2.24) is 20.1 Å². The molecule has 6 nitrogen and oxygen atoms in total. The fourth-order valence-corrected chi connectivity index (χ4v) is 3.51. The number of carbonyl (C=O) groups excluding carboxylic acids is 1. The lowest BCUT2D eigenvalue weighted by Crippen LogP contribution is -2.16. The third-order valence-corrected chi connectivity index (χ3v) is 4.82. The number of aryl methyl sites for hydroxylation is 1. The number of benzene rings is 1. The number of rotatable bonds is 3. The molecule has 1 fully saturated rings. The van der Waals surface area contributed by atoms with Gasteiger partial charge in [0, 0.05) is 42.6 Å². The number of hydrogen-bond donors (Lipinski definition) is 2. The van der Waals surface area contributed by atoms with Crippen LogP contribution >= 0.6 is 0 Å². The van der Waals surface area contributed by atoms with Crippen molar-refractivity contribution < 1.29 is 23.1 Å². The van der Waals surface area contributed by atoms with Gasteiger partial charge in [-0.15, -0.1) is 0 Å². The molecule has 1 aromatic carbocycles. The molecule has 9 heteroatoms. The van der Waals surface area contributed by atoms with Crippen molar-refractivity contribution in [2.75, 3.05) is 6.54 Å². The summed E-state index contributed by atoms with van der Waals surface area (Å²) in [5.41, 5.74) is 0.383. The number of fused-ring (bicyclic) bond motifs is 1. The Morgan fingerprint density at radius 3 is 2.75 bits per heavy atom. The fraction of sp³-hybridized carbons (Fsp3) is 0.316. The molecule has 0 saturated carbocycles. The molecular formula is C19H17F3N4O2. The average Bonchev–Trinajstić information content (AvgIpc) is 3.18. The van der Waals surface area contributed by atoms with Gasteiger partial charge in [-0.1, -0.05) is 0 Å². The molecule has 2 aromatic heterocycles. The van der Waals surface area contributed by atoms with Crippen molar-refractivity contribution >= 4 is 16.9 Å². The van der Waals surface area contributed by atoms with E-state index in [1.807, 2.05) is 6.20 Å². The van der Waals surface area contributed by atoms with Crippen LogP contribution in [0.5, 0.6) is 5.75 Å². The van der Waals surface area contributed by atoms with Crippen LogP contribution in [0.2, 0.25) is 0 Å². The van der Waals surface area contributed by atoms with E-state index in [0.29, 0.717) is 36.9 Å². The van der Waals surface area contributed by atoms with E-state index in [4.69, 9.17) is 0 Å². The van der Waals surface area contributed by atoms with E-state index in [0.717, 1.165) is 11.5 Å². The van der Waals surface area contributed by atoms with E-state index < -0.39 is 17.5 Å². The summed E-state index contributed by atoms with van der Waals surface area (Å²) < 4.78 is 40.5. The smallest absolute Gasteiger partial charge is 0.416 e. The Morgan fingerprint density at radius 1 is 1.32 bits per heavy atom. The molecule has 146 valence electrons. The van der Waals surface area contributed by atoms with E-state index in [1.54, 1.807) is 16.8 Å². The number of aromatic nitrogens is 3. The number of halogens is 3. The van der Waals surface area contributed by atoms with Crippen LogP contribution in [0.25, 0.3) is 22.3 Å². The van der Waals surface area contributed by atoms with Crippen LogP contribution in [-0.4, -0.2) is 32.3 Å². The van der Waals surface area contributed by atoms with E-state index in [1.165, 1.54) is 6.92 Å². The number of hydrogen-bond acceptors (Lipinski definition) is 4. The Labute approximate surface area is 158 Å². The number of nitrogens with one attached hydrogen (secondary N) is 1. The van der Waals surface area contributed by atoms with E-state index >= 15 is 0 Å². The maximum absolute atomic E-state index is 12.9. The highest BCUT2D eigenvalue weighted by molar-refractivity contribution is 5.80. The molecule has 0 spiro atoms. The average molecular weight is 390 g/mol. The lowest BCUT2D eigenvalue weighted by Gasteiger charge is -2.13. The van der Waals surface area contributed by atoms with Crippen LogP contribution in [0.4, 0.5) is 13.2 Å². The van der Waals surface area contributed by atoms with Gasteiger partial charge in [-0.25, -0.2) is 4.98 Å². The van der Waals surface area contributed by atoms with Crippen LogP contribution in [0.1, 0.15) is 17.5 Å². The minimum atomic E-state index is -4.53. The zero-order chi connectivity index (χ0) is 20.1. The Bertz CT molecular complexity index is 1050. The molecule has 0 bridgehead atoms. The lowest BCUT2D eigenvalue weighted by molar-refractivity contribution is -0.137. The van der Waals surface area contributed by atoms with E-state index in [2.05, 4.69) is 15.4 Å². The zero-order valence-electron chi connectivity index (χ0n) is 14.9. The highest BCUT2D eigenvalue weighted by Crippen LogP contribution is 2.38. The number of nitrogens with zero attached hydrogens (tertiary/aromatic N) is 3. The second-order valence-electron chi connectivity index (χ2n) is 7.02. The molecule has 0 radical (unpaired) electrons. The van der Waals surface area contributed by atoms with Gasteiger partial charge in [-0.3, -0.25) is 9.48 Å². The highest BCUT2D eigenvalue weighted by Gasteiger charge is 2.32. The molecular weight excluding hydrogens is 373 g/mol. The molecule has 1 amide bonds. The molecule has 0 unspecified atom stereocenters. The number of carbonyl (C=O) groups is 1. The summed E-state index contributed by atoms with van der Waals surface area (Å²) >= 11 is 0. The molecule has 1 atom stereocenters. The van der Waals surface area contributed by atoms with Crippen LogP contribution in [0.3, 0.4) is 0 Å². The van der Waals surface area contributed by atoms with Crippen molar-refractivity contribution in [3.05, 3.63) is 41.6 Å². The summed E-state index contributed by atoms with van der Waals surface area (Å²) in [6.07, 6.45) is -2.27. The van der Waals surface area contributed by atoms with Gasteiger partial charge in [0.1, 0.15) is 5.75 Å². The Hall–Kier alpha value is -3.10. The molecule has 0 aliphatic carbocycles. The third kappa shape index (κ3) is 3.39. The SMILES string of the molecule is Cc1cc(C(F)(F)F)cc(O)c1-c1ccc2cn(C[C@@H]3CNC(=O)C3)nc2n1. The number of pyridine rings is 1. The predicted octanol–water partition coefficient (Wildman–Crippen LogP) is 3.27. The van der Waals surface area contributed by atoms with E-state index in [-0.39, 0.29) is 23.0 Å².